The van der Waals surface area contributed by atoms with Crippen molar-refractivity contribution in [1.82, 2.24) is 0 Å². The first-order valence-corrected chi connectivity index (χ1v) is 9.98. The quantitative estimate of drug-likeness (QED) is 0.358. The van der Waals surface area contributed by atoms with Gasteiger partial charge in [0, 0.05) is 12.8 Å². The summed E-state index contributed by atoms with van der Waals surface area (Å²) in [7, 11) is 0. The van der Waals surface area contributed by atoms with Crippen molar-refractivity contribution in [2.45, 2.75) is 82.4 Å². The summed E-state index contributed by atoms with van der Waals surface area (Å²) in [5.41, 5.74) is 0. The lowest BCUT2D eigenvalue weighted by atomic mass is 10.0. The summed E-state index contributed by atoms with van der Waals surface area (Å²) < 4.78 is 5.76. The van der Waals surface area contributed by atoms with Crippen molar-refractivity contribution in [2.75, 3.05) is 0 Å². The summed E-state index contributed by atoms with van der Waals surface area (Å²) in [4.78, 5) is 10.4. The fraction of sp³-hybridized carbons (Fsp3) is 0.591. The van der Waals surface area contributed by atoms with Crippen molar-refractivity contribution >= 4 is 5.97 Å². The van der Waals surface area contributed by atoms with E-state index in [-0.39, 0.29) is 12.5 Å². The highest BCUT2D eigenvalue weighted by atomic mass is 16.5. The fourth-order valence-corrected chi connectivity index (χ4v) is 2.87. The average molecular weight is 395 g/mol. The third-order valence-electron chi connectivity index (χ3n) is 4.44. The number of hydrogen-bond donors (Lipinski definition) is 4. The molecule has 0 aliphatic carbocycles. The first-order chi connectivity index (χ1) is 13.4. The Morgan fingerprint density at radius 3 is 2.57 bits per heavy atom. The molecule has 28 heavy (non-hydrogen) atoms. The molecule has 158 valence electrons. The normalized spacial score (nSPS) is 25.5. The maximum Gasteiger partial charge on any atom is 0.303 e. The Morgan fingerprint density at radius 2 is 1.86 bits per heavy atom. The number of hydrogen-bond acceptors (Lipinski definition) is 5. The van der Waals surface area contributed by atoms with Crippen molar-refractivity contribution in [1.29, 1.82) is 0 Å². The molecule has 0 aromatic heterocycles. The predicted octanol–water partition coefficient (Wildman–Crippen LogP) is 2.90. The number of carboxylic acids is 1. The number of allylic oxidation sites excluding steroid dienone is 4. The van der Waals surface area contributed by atoms with Gasteiger partial charge in [-0.2, -0.15) is 0 Å². The van der Waals surface area contributed by atoms with Crippen LogP contribution in [0.4, 0.5) is 0 Å². The lowest BCUT2D eigenvalue weighted by Gasteiger charge is -2.16. The van der Waals surface area contributed by atoms with Crippen LogP contribution < -0.4 is 0 Å². The monoisotopic (exact) mass is 394 g/mol. The molecule has 6 heteroatoms. The molecule has 1 rings (SSSR count). The van der Waals surface area contributed by atoms with Gasteiger partial charge in [-0.05, 0) is 32.1 Å². The molecule has 0 aromatic rings. The molecule has 1 aliphatic heterocycles. The second-order valence-corrected chi connectivity index (χ2v) is 6.92. The first kappa shape index (κ1) is 24.3. The van der Waals surface area contributed by atoms with E-state index in [0.29, 0.717) is 25.7 Å². The molecular formula is C22H34O6. The van der Waals surface area contributed by atoms with Crippen molar-refractivity contribution in [3.8, 4) is 0 Å². The maximum absolute atomic E-state index is 10.4. The highest BCUT2D eigenvalue weighted by Crippen LogP contribution is 2.26. The highest BCUT2D eigenvalue weighted by molar-refractivity contribution is 5.66. The van der Waals surface area contributed by atoms with Crippen LogP contribution in [-0.2, 0) is 9.53 Å². The molecule has 5 atom stereocenters. The molecule has 0 amide bonds. The van der Waals surface area contributed by atoms with E-state index in [2.05, 4.69) is 19.1 Å². The zero-order valence-electron chi connectivity index (χ0n) is 16.6. The summed E-state index contributed by atoms with van der Waals surface area (Å²) in [6, 6.07) is 0. The van der Waals surface area contributed by atoms with Crippen LogP contribution in [0, 0.1) is 0 Å². The molecule has 0 bridgehead atoms. The van der Waals surface area contributed by atoms with Crippen molar-refractivity contribution in [3.63, 3.8) is 0 Å². The highest BCUT2D eigenvalue weighted by Gasteiger charge is 2.36. The Morgan fingerprint density at radius 1 is 1.11 bits per heavy atom. The number of carboxylic acid groups (broad SMARTS) is 1. The molecule has 1 aliphatic rings. The van der Waals surface area contributed by atoms with Crippen molar-refractivity contribution < 1.29 is 30.0 Å². The molecule has 0 unspecified atom stereocenters. The van der Waals surface area contributed by atoms with Crippen LogP contribution in [0.1, 0.15) is 51.9 Å². The Labute approximate surface area is 167 Å². The maximum atomic E-state index is 10.4. The molecule has 0 aromatic carbocycles. The van der Waals surface area contributed by atoms with Crippen molar-refractivity contribution in [3.05, 3.63) is 48.6 Å². The largest absolute Gasteiger partial charge is 0.481 e. The van der Waals surface area contributed by atoms with E-state index in [1.807, 2.05) is 12.2 Å². The van der Waals surface area contributed by atoms with E-state index in [4.69, 9.17) is 9.84 Å². The summed E-state index contributed by atoms with van der Waals surface area (Å²) in [6.07, 6.45) is 15.2. The van der Waals surface area contributed by atoms with Crippen LogP contribution >= 0.6 is 0 Å². The van der Waals surface area contributed by atoms with E-state index in [9.17, 15) is 20.1 Å². The molecule has 6 nitrogen and oxygen atoms in total. The van der Waals surface area contributed by atoms with Gasteiger partial charge in [-0.25, -0.2) is 0 Å². The van der Waals surface area contributed by atoms with Gasteiger partial charge in [-0.3, -0.25) is 4.79 Å². The molecular weight excluding hydrogens is 360 g/mol. The van der Waals surface area contributed by atoms with E-state index in [1.54, 1.807) is 12.2 Å². The summed E-state index contributed by atoms with van der Waals surface area (Å²) in [5, 5.41) is 38.8. The van der Waals surface area contributed by atoms with Gasteiger partial charge in [-0.15, -0.1) is 0 Å². The zero-order chi connectivity index (χ0) is 20.8. The Bertz CT molecular complexity index is 551. The van der Waals surface area contributed by atoms with Crippen LogP contribution in [0.25, 0.3) is 0 Å². The minimum atomic E-state index is -0.901. The van der Waals surface area contributed by atoms with Gasteiger partial charge in [0.1, 0.15) is 0 Å². The van der Waals surface area contributed by atoms with Crippen LogP contribution in [0.2, 0.25) is 0 Å². The Balaban J connectivity index is 2.33. The molecule has 1 saturated heterocycles. The van der Waals surface area contributed by atoms with Gasteiger partial charge in [0.25, 0.3) is 0 Å². The van der Waals surface area contributed by atoms with Gasteiger partial charge in [0.15, 0.2) is 0 Å². The molecule has 1 heterocycles. The topological polar surface area (TPSA) is 107 Å². The molecule has 1 fully saturated rings. The number of ether oxygens (including phenoxy) is 1. The lowest BCUT2D eigenvalue weighted by Crippen LogP contribution is -2.24. The Kier molecular flexibility index (Phi) is 12.4. The van der Waals surface area contributed by atoms with Gasteiger partial charge >= 0.3 is 5.97 Å². The zero-order valence-corrected chi connectivity index (χ0v) is 16.6. The van der Waals surface area contributed by atoms with Gasteiger partial charge in [-0.1, -0.05) is 55.5 Å². The Hall–Kier alpha value is -1.73. The smallest absolute Gasteiger partial charge is 0.303 e. The molecule has 0 spiro atoms. The summed E-state index contributed by atoms with van der Waals surface area (Å²) in [6.45, 7) is 2.08. The number of carbonyl (C=O) groups is 1. The number of aliphatic hydroxyl groups is 3. The molecule has 0 saturated carbocycles. The number of aliphatic carboxylic acids is 1. The third-order valence-corrected chi connectivity index (χ3v) is 4.44. The average Bonchev–Trinajstić information content (AvgIpc) is 3.03. The SMILES string of the molecule is CC/C=C\C/C=C\C[C@H]1O[C@@H]([C@H](O)/C=C/[C@H](O)C/C=C\CCC(=O)O)C[C@@H]1O. The second-order valence-electron chi connectivity index (χ2n) is 6.92. The van der Waals surface area contributed by atoms with E-state index < -0.39 is 30.4 Å². The van der Waals surface area contributed by atoms with Gasteiger partial charge in [0.2, 0.25) is 0 Å². The minimum absolute atomic E-state index is 0.0638. The van der Waals surface area contributed by atoms with Crippen LogP contribution in [0.5, 0.6) is 0 Å². The van der Waals surface area contributed by atoms with E-state index in [0.717, 1.165) is 12.8 Å². The van der Waals surface area contributed by atoms with E-state index >= 15 is 0 Å². The van der Waals surface area contributed by atoms with Gasteiger partial charge < -0.3 is 25.2 Å². The van der Waals surface area contributed by atoms with Crippen molar-refractivity contribution in [2.24, 2.45) is 0 Å². The number of rotatable bonds is 13. The second kappa shape index (κ2) is 14.3. The van der Waals surface area contributed by atoms with Crippen LogP contribution in [0.15, 0.2) is 48.6 Å². The molecule has 4 N–H and O–H groups in total. The lowest BCUT2D eigenvalue weighted by molar-refractivity contribution is -0.136. The summed E-state index contributed by atoms with van der Waals surface area (Å²) >= 11 is 0. The third kappa shape index (κ3) is 10.6. The molecule has 0 radical (unpaired) electrons. The van der Waals surface area contributed by atoms with Gasteiger partial charge in [0.05, 0.1) is 30.5 Å². The first-order valence-electron chi connectivity index (χ1n) is 9.98. The fourth-order valence-electron chi connectivity index (χ4n) is 2.87. The number of aliphatic hydroxyl groups excluding tert-OH is 3. The van der Waals surface area contributed by atoms with Crippen LogP contribution in [0.3, 0.4) is 0 Å². The predicted molar refractivity (Wildman–Crippen MR) is 109 cm³/mol. The van der Waals surface area contributed by atoms with E-state index in [1.165, 1.54) is 12.2 Å². The standard InChI is InChI=1S/C22H34O6/c1-2-3-4-5-6-9-12-20-19(25)16-21(28-20)18(24)15-14-17(23)11-8-7-10-13-22(26)27/h3-4,6-9,14-15,17-21,23-25H,2,5,10-13,16H2,1H3,(H,26,27)/b4-3-,8-7-,9-6-,15-14+/t17-,18-,19+,20-,21-/m1/s1. The minimum Gasteiger partial charge on any atom is -0.481 e. The summed E-state index contributed by atoms with van der Waals surface area (Å²) in [5.74, 6) is -0.853. The van der Waals surface area contributed by atoms with Crippen LogP contribution in [-0.4, -0.2) is 56.9 Å².